The van der Waals surface area contributed by atoms with Crippen LogP contribution >= 0.6 is 11.3 Å². The molecule has 3 N–H and O–H groups in total. The first-order valence-electron chi connectivity index (χ1n) is 5.94. The van der Waals surface area contributed by atoms with Crippen LogP contribution in [0.15, 0.2) is 36.4 Å². The predicted molar refractivity (Wildman–Crippen MR) is 78.8 cm³/mol. The normalized spacial score (nSPS) is 10.1. The number of benzene rings is 1. The topological polar surface area (TPSA) is 81.4 Å². The van der Waals surface area contributed by atoms with Crippen LogP contribution in [0.1, 0.15) is 14.5 Å². The van der Waals surface area contributed by atoms with Gasteiger partial charge in [-0.15, -0.1) is 11.3 Å². The SMILES string of the molecule is Cc1sc(C(=O)OCC(=O)Nc2ccccc2)cc1N. The summed E-state index contributed by atoms with van der Waals surface area (Å²) in [5.74, 6) is -0.927. The summed E-state index contributed by atoms with van der Waals surface area (Å²) in [4.78, 5) is 24.6. The lowest BCUT2D eigenvalue weighted by atomic mass is 10.3. The molecule has 1 heterocycles. The number of hydrogen-bond donors (Lipinski definition) is 2. The van der Waals surface area contributed by atoms with Crippen LogP contribution in [-0.2, 0) is 9.53 Å². The summed E-state index contributed by atoms with van der Waals surface area (Å²) >= 11 is 1.25. The quantitative estimate of drug-likeness (QED) is 0.847. The zero-order chi connectivity index (χ0) is 14.5. The number of rotatable bonds is 4. The molecule has 5 nitrogen and oxygen atoms in total. The molecule has 0 aliphatic rings. The Morgan fingerprint density at radius 2 is 2.00 bits per heavy atom. The molecule has 1 aromatic heterocycles. The van der Waals surface area contributed by atoms with Gasteiger partial charge in [-0.3, -0.25) is 4.79 Å². The number of hydrogen-bond acceptors (Lipinski definition) is 5. The van der Waals surface area contributed by atoms with E-state index < -0.39 is 5.97 Å². The second-order valence-corrected chi connectivity index (χ2v) is 5.37. The van der Waals surface area contributed by atoms with Crippen molar-refractivity contribution in [2.75, 3.05) is 17.7 Å². The molecule has 0 saturated heterocycles. The van der Waals surface area contributed by atoms with E-state index in [0.29, 0.717) is 16.3 Å². The monoisotopic (exact) mass is 290 g/mol. The third-order valence-corrected chi connectivity index (χ3v) is 3.60. The van der Waals surface area contributed by atoms with Gasteiger partial charge in [-0.05, 0) is 25.1 Å². The number of anilines is 2. The minimum absolute atomic E-state index is 0.329. The maximum Gasteiger partial charge on any atom is 0.348 e. The van der Waals surface area contributed by atoms with Crippen LogP contribution in [0.2, 0.25) is 0 Å². The molecule has 6 heteroatoms. The van der Waals surface area contributed by atoms with Crippen molar-refractivity contribution >= 4 is 34.6 Å². The summed E-state index contributed by atoms with van der Waals surface area (Å²) < 4.78 is 4.93. The molecule has 1 aromatic carbocycles. The van der Waals surface area contributed by atoms with E-state index in [4.69, 9.17) is 10.5 Å². The Morgan fingerprint density at radius 3 is 2.60 bits per heavy atom. The minimum Gasteiger partial charge on any atom is -0.451 e. The van der Waals surface area contributed by atoms with Crippen LogP contribution in [0.5, 0.6) is 0 Å². The molecule has 0 saturated carbocycles. The first kappa shape index (κ1) is 14.1. The number of ether oxygens (including phenoxy) is 1. The van der Waals surface area contributed by atoms with Crippen molar-refractivity contribution in [2.45, 2.75) is 6.92 Å². The van der Waals surface area contributed by atoms with Gasteiger partial charge in [0.25, 0.3) is 5.91 Å². The average Bonchev–Trinajstić information content (AvgIpc) is 2.77. The van der Waals surface area contributed by atoms with E-state index in [0.717, 1.165) is 4.88 Å². The van der Waals surface area contributed by atoms with Gasteiger partial charge in [0, 0.05) is 16.3 Å². The first-order chi connectivity index (χ1) is 9.56. The molecule has 1 amide bonds. The maximum absolute atomic E-state index is 11.7. The number of nitrogens with two attached hydrogens (primary N) is 1. The van der Waals surface area contributed by atoms with E-state index in [1.165, 1.54) is 11.3 Å². The number of amides is 1. The highest BCUT2D eigenvalue weighted by Gasteiger charge is 2.14. The molecule has 0 bridgehead atoms. The molecule has 0 aliphatic heterocycles. The van der Waals surface area contributed by atoms with Gasteiger partial charge < -0.3 is 15.8 Å². The number of esters is 1. The van der Waals surface area contributed by atoms with Gasteiger partial charge in [0.1, 0.15) is 4.88 Å². The summed E-state index contributed by atoms with van der Waals surface area (Å²) in [5, 5.41) is 2.63. The molecule has 0 fully saturated rings. The fraction of sp³-hybridized carbons (Fsp3) is 0.143. The highest BCUT2D eigenvalue weighted by atomic mass is 32.1. The Kier molecular flexibility index (Phi) is 4.37. The van der Waals surface area contributed by atoms with Crippen molar-refractivity contribution in [2.24, 2.45) is 0 Å². The molecule has 0 aliphatic carbocycles. The minimum atomic E-state index is -0.544. The number of carbonyl (C=O) groups is 2. The zero-order valence-corrected chi connectivity index (χ0v) is 11.7. The van der Waals surface area contributed by atoms with E-state index in [2.05, 4.69) is 5.32 Å². The standard InChI is InChI=1S/C14H14N2O3S/c1-9-11(15)7-12(20-9)14(18)19-8-13(17)16-10-5-3-2-4-6-10/h2-7H,8,15H2,1H3,(H,16,17). The van der Waals surface area contributed by atoms with E-state index >= 15 is 0 Å². The van der Waals surface area contributed by atoms with Gasteiger partial charge in [0.15, 0.2) is 6.61 Å². The van der Waals surface area contributed by atoms with Crippen molar-refractivity contribution in [1.82, 2.24) is 0 Å². The number of para-hydroxylation sites is 1. The van der Waals surface area contributed by atoms with Crippen molar-refractivity contribution in [3.8, 4) is 0 Å². The van der Waals surface area contributed by atoms with Crippen molar-refractivity contribution in [3.63, 3.8) is 0 Å². The molecule has 2 aromatic rings. The van der Waals surface area contributed by atoms with E-state index in [1.807, 2.05) is 13.0 Å². The van der Waals surface area contributed by atoms with Crippen LogP contribution < -0.4 is 11.1 Å². The largest absolute Gasteiger partial charge is 0.451 e. The number of nitrogen functional groups attached to an aromatic ring is 1. The van der Waals surface area contributed by atoms with Crippen molar-refractivity contribution in [3.05, 3.63) is 46.2 Å². The van der Waals surface area contributed by atoms with Crippen LogP contribution in [0.4, 0.5) is 11.4 Å². The lowest BCUT2D eigenvalue weighted by Gasteiger charge is -2.05. The predicted octanol–water partition coefficient (Wildman–Crippen LogP) is 2.43. The van der Waals surface area contributed by atoms with Gasteiger partial charge in [0.05, 0.1) is 0 Å². The average molecular weight is 290 g/mol. The van der Waals surface area contributed by atoms with Gasteiger partial charge in [-0.2, -0.15) is 0 Å². The highest BCUT2D eigenvalue weighted by molar-refractivity contribution is 7.14. The van der Waals surface area contributed by atoms with Crippen LogP contribution in [0.25, 0.3) is 0 Å². The molecule has 0 radical (unpaired) electrons. The Labute approximate surface area is 120 Å². The van der Waals surface area contributed by atoms with Crippen LogP contribution in [0.3, 0.4) is 0 Å². The van der Waals surface area contributed by atoms with Crippen molar-refractivity contribution in [1.29, 1.82) is 0 Å². The number of thiophene rings is 1. The molecule has 20 heavy (non-hydrogen) atoms. The summed E-state index contributed by atoms with van der Waals surface area (Å²) in [7, 11) is 0. The third kappa shape index (κ3) is 3.58. The third-order valence-electron chi connectivity index (χ3n) is 2.55. The Bertz CT molecular complexity index is 603. The number of nitrogens with one attached hydrogen (secondary N) is 1. The Morgan fingerprint density at radius 1 is 1.30 bits per heavy atom. The summed E-state index contributed by atoms with van der Waals surface area (Å²) in [6.45, 7) is 1.49. The summed E-state index contributed by atoms with van der Waals surface area (Å²) in [6, 6.07) is 10.5. The summed E-state index contributed by atoms with van der Waals surface area (Å²) in [5.41, 5.74) is 6.87. The number of aryl methyl sites for hydroxylation is 1. The molecule has 2 rings (SSSR count). The molecular weight excluding hydrogens is 276 g/mol. The van der Waals surface area contributed by atoms with E-state index in [9.17, 15) is 9.59 Å². The fourth-order valence-corrected chi connectivity index (χ4v) is 2.35. The second-order valence-electron chi connectivity index (χ2n) is 4.11. The molecule has 104 valence electrons. The van der Waals surface area contributed by atoms with Gasteiger partial charge in [-0.25, -0.2) is 4.79 Å². The second kappa shape index (κ2) is 6.21. The lowest BCUT2D eigenvalue weighted by molar-refractivity contribution is -0.119. The molecule has 0 spiro atoms. The molecular formula is C14H14N2O3S. The van der Waals surface area contributed by atoms with Crippen LogP contribution in [-0.4, -0.2) is 18.5 Å². The maximum atomic E-state index is 11.7. The summed E-state index contributed by atoms with van der Waals surface area (Å²) in [6.07, 6.45) is 0. The Balaban J connectivity index is 1.86. The van der Waals surface area contributed by atoms with E-state index in [1.54, 1.807) is 30.3 Å². The van der Waals surface area contributed by atoms with Crippen LogP contribution in [0, 0.1) is 6.92 Å². The fourth-order valence-electron chi connectivity index (χ4n) is 1.52. The molecule has 0 atom stereocenters. The Hall–Kier alpha value is -2.34. The number of carbonyl (C=O) groups excluding carboxylic acids is 2. The zero-order valence-electron chi connectivity index (χ0n) is 10.9. The molecule has 0 unspecified atom stereocenters. The smallest absolute Gasteiger partial charge is 0.348 e. The lowest BCUT2D eigenvalue weighted by Crippen LogP contribution is -2.20. The van der Waals surface area contributed by atoms with Gasteiger partial charge in [0.2, 0.25) is 0 Å². The van der Waals surface area contributed by atoms with E-state index in [-0.39, 0.29) is 12.5 Å². The highest BCUT2D eigenvalue weighted by Crippen LogP contribution is 2.23. The first-order valence-corrected chi connectivity index (χ1v) is 6.76. The van der Waals surface area contributed by atoms with Gasteiger partial charge >= 0.3 is 5.97 Å². The van der Waals surface area contributed by atoms with Crippen molar-refractivity contribution < 1.29 is 14.3 Å². The van der Waals surface area contributed by atoms with Gasteiger partial charge in [-0.1, -0.05) is 18.2 Å².